The maximum Gasteiger partial charge on any atom is 0.513 e. The molecular weight excluding hydrogens is 356 g/mol. The van der Waals surface area contributed by atoms with Crippen LogP contribution in [0.5, 0.6) is 5.75 Å². The van der Waals surface area contributed by atoms with Gasteiger partial charge in [0.15, 0.2) is 0 Å². The van der Waals surface area contributed by atoms with E-state index in [9.17, 15) is 4.79 Å². The van der Waals surface area contributed by atoms with E-state index in [0.717, 1.165) is 15.6 Å². The Morgan fingerprint density at radius 2 is 1.52 bits per heavy atom. The number of carbonyl (C=O) groups excluding carboxylic acids is 1. The molecule has 0 N–H and O–H groups in total. The minimum atomic E-state index is -0.670. The summed E-state index contributed by atoms with van der Waals surface area (Å²) < 4.78 is 11.1. The van der Waals surface area contributed by atoms with E-state index in [2.05, 4.69) is 15.9 Å². The summed E-state index contributed by atoms with van der Waals surface area (Å²) in [5.74, 6) is 0.758. The van der Waals surface area contributed by atoms with Gasteiger partial charge in [0, 0.05) is 4.47 Å². The summed E-state index contributed by atoms with van der Waals surface area (Å²) in [6.07, 6.45) is 3.36. The van der Waals surface area contributed by atoms with Crippen LogP contribution in [0.2, 0.25) is 0 Å². The summed E-state index contributed by atoms with van der Waals surface area (Å²) in [7, 11) is 0. The number of ether oxygens (including phenoxy) is 2. The summed E-state index contributed by atoms with van der Waals surface area (Å²) in [4.78, 5) is 11.5. The Hall–Kier alpha value is -2.07. The Morgan fingerprint density at radius 3 is 2.04 bits per heavy atom. The van der Waals surface area contributed by atoms with Crippen molar-refractivity contribution in [3.05, 3.63) is 64.1 Å². The van der Waals surface area contributed by atoms with Gasteiger partial charge in [-0.1, -0.05) is 66.2 Å². The summed E-state index contributed by atoms with van der Waals surface area (Å²) >= 11 is 3.41. The number of hydrogen-bond donors (Lipinski definition) is 0. The average molecular weight is 375 g/mol. The molecular formula is C19H19BrO3. The predicted octanol–water partition coefficient (Wildman–Crippen LogP) is 5.79. The van der Waals surface area contributed by atoms with Crippen LogP contribution in [0, 0.1) is 5.92 Å². The molecule has 3 nitrogen and oxygen atoms in total. The molecule has 0 saturated heterocycles. The van der Waals surface area contributed by atoms with E-state index in [0.29, 0.717) is 12.4 Å². The van der Waals surface area contributed by atoms with E-state index in [1.807, 2.05) is 62.4 Å². The highest BCUT2D eigenvalue weighted by atomic mass is 79.9. The third kappa shape index (κ3) is 6.28. The molecule has 0 heterocycles. The zero-order valence-corrected chi connectivity index (χ0v) is 14.7. The molecule has 0 bridgehead atoms. The van der Waals surface area contributed by atoms with Gasteiger partial charge in [0.05, 0.1) is 6.61 Å². The van der Waals surface area contributed by atoms with Crippen LogP contribution in [0.4, 0.5) is 4.79 Å². The average Bonchev–Trinajstić information content (AvgIpc) is 2.54. The Morgan fingerprint density at radius 1 is 1.00 bits per heavy atom. The molecule has 0 aliphatic rings. The number of hydrogen-bond acceptors (Lipinski definition) is 3. The Bertz CT molecular complexity index is 658. The van der Waals surface area contributed by atoms with Gasteiger partial charge in [0.2, 0.25) is 0 Å². The van der Waals surface area contributed by atoms with Crippen LogP contribution in [-0.4, -0.2) is 12.8 Å². The molecule has 2 aromatic carbocycles. The van der Waals surface area contributed by atoms with Crippen LogP contribution in [0.15, 0.2) is 53.0 Å². The van der Waals surface area contributed by atoms with E-state index < -0.39 is 6.16 Å². The van der Waals surface area contributed by atoms with Gasteiger partial charge >= 0.3 is 6.16 Å². The summed E-state index contributed by atoms with van der Waals surface area (Å²) in [5.41, 5.74) is 2.14. The molecule has 0 aromatic heterocycles. The molecule has 0 spiro atoms. The number of carbonyl (C=O) groups is 1. The van der Waals surface area contributed by atoms with Crippen molar-refractivity contribution in [3.63, 3.8) is 0 Å². The highest BCUT2D eigenvalue weighted by molar-refractivity contribution is 9.10. The zero-order chi connectivity index (χ0) is 16.7. The van der Waals surface area contributed by atoms with Gasteiger partial charge in [-0.3, -0.25) is 0 Å². The highest BCUT2D eigenvalue weighted by Gasteiger charge is 2.06. The summed E-state index contributed by atoms with van der Waals surface area (Å²) in [6.45, 7) is 4.30. The van der Waals surface area contributed by atoms with Crippen molar-refractivity contribution in [1.82, 2.24) is 0 Å². The Balaban J connectivity index is 1.91. The minimum Gasteiger partial charge on any atom is -0.434 e. The van der Waals surface area contributed by atoms with Crippen molar-refractivity contribution >= 4 is 34.2 Å². The van der Waals surface area contributed by atoms with Crippen molar-refractivity contribution in [3.8, 4) is 5.75 Å². The molecule has 23 heavy (non-hydrogen) atoms. The molecule has 0 atom stereocenters. The van der Waals surface area contributed by atoms with Crippen molar-refractivity contribution < 1.29 is 14.3 Å². The topological polar surface area (TPSA) is 35.5 Å². The summed E-state index contributed by atoms with van der Waals surface area (Å²) in [5, 5.41) is 0. The monoisotopic (exact) mass is 374 g/mol. The second kappa shape index (κ2) is 8.53. The molecule has 120 valence electrons. The fraction of sp³-hybridized carbons (Fsp3) is 0.211. The van der Waals surface area contributed by atoms with Crippen molar-refractivity contribution in [2.75, 3.05) is 6.61 Å². The molecule has 2 aromatic rings. The largest absolute Gasteiger partial charge is 0.513 e. The Kier molecular flexibility index (Phi) is 6.41. The lowest BCUT2D eigenvalue weighted by Gasteiger charge is -2.07. The van der Waals surface area contributed by atoms with E-state index in [-0.39, 0.29) is 5.92 Å². The first-order valence-corrected chi connectivity index (χ1v) is 8.20. The van der Waals surface area contributed by atoms with Crippen LogP contribution in [0.1, 0.15) is 25.0 Å². The van der Waals surface area contributed by atoms with E-state index in [1.165, 1.54) is 0 Å². The van der Waals surface area contributed by atoms with Crippen LogP contribution in [0.25, 0.3) is 12.2 Å². The van der Waals surface area contributed by atoms with Crippen LogP contribution < -0.4 is 4.74 Å². The normalized spacial score (nSPS) is 11.0. The van der Waals surface area contributed by atoms with Gasteiger partial charge in [0.1, 0.15) is 5.75 Å². The molecule has 0 fully saturated rings. The first-order valence-electron chi connectivity index (χ1n) is 7.41. The number of benzene rings is 2. The summed E-state index contributed by atoms with van der Waals surface area (Å²) in [6, 6.07) is 15.3. The van der Waals surface area contributed by atoms with E-state index >= 15 is 0 Å². The smallest absolute Gasteiger partial charge is 0.434 e. The Labute approximate surface area is 145 Å². The van der Waals surface area contributed by atoms with Gasteiger partial charge in [-0.05, 0) is 41.3 Å². The predicted molar refractivity (Wildman–Crippen MR) is 96.3 cm³/mol. The van der Waals surface area contributed by atoms with Crippen molar-refractivity contribution in [1.29, 1.82) is 0 Å². The van der Waals surface area contributed by atoms with E-state index in [4.69, 9.17) is 9.47 Å². The van der Waals surface area contributed by atoms with Gasteiger partial charge in [-0.25, -0.2) is 4.79 Å². The van der Waals surface area contributed by atoms with E-state index in [1.54, 1.807) is 12.1 Å². The number of halogens is 1. The first kappa shape index (κ1) is 17.3. The SMILES string of the molecule is CC(C)COC(=O)Oc1ccc(C=Cc2ccc(Br)cc2)cc1. The van der Waals surface area contributed by atoms with Gasteiger partial charge < -0.3 is 9.47 Å². The molecule has 0 amide bonds. The van der Waals surface area contributed by atoms with Gasteiger partial charge in [-0.15, -0.1) is 0 Å². The minimum absolute atomic E-state index is 0.286. The lowest BCUT2D eigenvalue weighted by molar-refractivity contribution is 0.0886. The maximum atomic E-state index is 11.5. The molecule has 0 unspecified atom stereocenters. The molecule has 0 aliphatic carbocycles. The van der Waals surface area contributed by atoms with Crippen molar-refractivity contribution in [2.45, 2.75) is 13.8 Å². The quantitative estimate of drug-likeness (QED) is 0.377. The maximum absolute atomic E-state index is 11.5. The fourth-order valence-electron chi connectivity index (χ4n) is 1.77. The van der Waals surface area contributed by atoms with Crippen LogP contribution >= 0.6 is 15.9 Å². The number of rotatable bonds is 5. The van der Waals surface area contributed by atoms with Crippen molar-refractivity contribution in [2.24, 2.45) is 5.92 Å². The third-order valence-corrected chi connectivity index (χ3v) is 3.48. The van der Waals surface area contributed by atoms with Crippen LogP contribution in [-0.2, 0) is 4.74 Å². The van der Waals surface area contributed by atoms with Gasteiger partial charge in [-0.2, -0.15) is 0 Å². The molecule has 0 radical (unpaired) electrons. The lowest BCUT2D eigenvalue weighted by atomic mass is 10.1. The second-order valence-electron chi connectivity index (χ2n) is 5.51. The molecule has 4 heteroatoms. The van der Waals surface area contributed by atoms with Crippen LogP contribution in [0.3, 0.4) is 0 Å². The fourth-order valence-corrected chi connectivity index (χ4v) is 2.04. The zero-order valence-electron chi connectivity index (χ0n) is 13.2. The standard InChI is InChI=1S/C19H19BrO3/c1-14(2)13-22-19(21)23-18-11-7-16(8-12-18)4-3-15-5-9-17(20)10-6-15/h3-12,14H,13H2,1-2H3. The highest BCUT2D eigenvalue weighted by Crippen LogP contribution is 2.16. The first-order chi connectivity index (χ1) is 11.0. The molecule has 0 saturated carbocycles. The molecule has 0 aliphatic heterocycles. The van der Waals surface area contributed by atoms with Gasteiger partial charge in [0.25, 0.3) is 0 Å². The third-order valence-electron chi connectivity index (χ3n) is 2.95. The molecule has 2 rings (SSSR count). The second-order valence-corrected chi connectivity index (χ2v) is 6.43. The lowest BCUT2D eigenvalue weighted by Crippen LogP contribution is -2.14.